The monoisotopic (exact) mass is 381 g/mol. The van der Waals surface area contributed by atoms with E-state index < -0.39 is 0 Å². The lowest BCUT2D eigenvalue weighted by Crippen LogP contribution is -2.40. The van der Waals surface area contributed by atoms with Crippen LogP contribution in [0.3, 0.4) is 0 Å². The summed E-state index contributed by atoms with van der Waals surface area (Å²) < 4.78 is 11.3. The lowest BCUT2D eigenvalue weighted by molar-refractivity contribution is 0.0251. The van der Waals surface area contributed by atoms with Gasteiger partial charge < -0.3 is 25.4 Å². The first-order chi connectivity index (χ1) is 12.4. The van der Waals surface area contributed by atoms with Crippen LogP contribution in [0.15, 0.2) is 36.9 Å². The first kappa shape index (κ1) is 25.5. The van der Waals surface area contributed by atoms with Crippen molar-refractivity contribution in [2.75, 3.05) is 27.2 Å². The number of hydrogen-bond acceptors (Lipinski definition) is 5. The van der Waals surface area contributed by atoms with Crippen molar-refractivity contribution in [2.45, 2.75) is 65.7 Å². The number of methoxy groups -OCH3 is 1. The summed E-state index contributed by atoms with van der Waals surface area (Å²) in [6.07, 6.45) is 0.622. The second-order valence-electron chi connectivity index (χ2n) is 8.53. The highest BCUT2D eigenvalue weighted by atomic mass is 16.5. The van der Waals surface area contributed by atoms with Gasteiger partial charge in [0, 0.05) is 43.4 Å². The van der Waals surface area contributed by atoms with Gasteiger partial charge in [0.25, 0.3) is 0 Å². The van der Waals surface area contributed by atoms with Crippen molar-refractivity contribution in [3.8, 4) is 0 Å². The molecule has 27 heavy (non-hydrogen) atoms. The summed E-state index contributed by atoms with van der Waals surface area (Å²) in [7, 11) is 3.70. The highest BCUT2D eigenvalue weighted by molar-refractivity contribution is 5.06. The average molecular weight is 382 g/mol. The summed E-state index contributed by atoms with van der Waals surface area (Å²) in [5, 5.41) is 10.1. The third-order valence-electron chi connectivity index (χ3n) is 4.49. The van der Waals surface area contributed by atoms with Gasteiger partial charge in [-0.3, -0.25) is 0 Å². The highest BCUT2D eigenvalue weighted by Gasteiger charge is 2.21. The molecule has 3 atom stereocenters. The van der Waals surface area contributed by atoms with Gasteiger partial charge in [-0.05, 0) is 33.7 Å². The molecule has 0 bridgehead atoms. The molecule has 0 aliphatic rings. The van der Waals surface area contributed by atoms with Gasteiger partial charge in [-0.25, -0.2) is 0 Å². The van der Waals surface area contributed by atoms with E-state index in [-0.39, 0.29) is 11.7 Å². The van der Waals surface area contributed by atoms with Crippen molar-refractivity contribution in [1.82, 2.24) is 16.0 Å². The minimum Gasteiger partial charge on any atom is -0.493 e. The van der Waals surface area contributed by atoms with E-state index in [9.17, 15) is 0 Å². The quantitative estimate of drug-likeness (QED) is 0.400. The molecule has 0 aromatic carbocycles. The van der Waals surface area contributed by atoms with E-state index in [1.54, 1.807) is 7.11 Å². The van der Waals surface area contributed by atoms with Crippen molar-refractivity contribution < 1.29 is 9.47 Å². The molecule has 0 aromatic heterocycles. The van der Waals surface area contributed by atoms with Crippen molar-refractivity contribution in [3.63, 3.8) is 0 Å². The lowest BCUT2D eigenvalue weighted by Gasteiger charge is -2.29. The van der Waals surface area contributed by atoms with Crippen LogP contribution in [0.5, 0.6) is 0 Å². The van der Waals surface area contributed by atoms with Gasteiger partial charge in [-0.1, -0.05) is 40.5 Å². The molecule has 0 amide bonds. The molecule has 0 aliphatic heterocycles. The van der Waals surface area contributed by atoms with E-state index in [4.69, 9.17) is 9.47 Å². The van der Waals surface area contributed by atoms with Crippen LogP contribution in [0.4, 0.5) is 0 Å². The molecule has 5 heteroatoms. The number of nitrogens with one attached hydrogen (secondary N) is 3. The van der Waals surface area contributed by atoms with Crippen LogP contribution in [-0.2, 0) is 9.47 Å². The Morgan fingerprint density at radius 2 is 1.63 bits per heavy atom. The van der Waals surface area contributed by atoms with Crippen LogP contribution in [0.1, 0.15) is 48.0 Å². The summed E-state index contributed by atoms with van der Waals surface area (Å²) in [6, 6.07) is 0.387. The Balaban J connectivity index is 4.34. The second kappa shape index (κ2) is 12.1. The van der Waals surface area contributed by atoms with Gasteiger partial charge in [0.2, 0.25) is 0 Å². The Morgan fingerprint density at radius 1 is 1.04 bits per heavy atom. The predicted octanol–water partition coefficient (Wildman–Crippen LogP) is 3.81. The Morgan fingerprint density at radius 3 is 2.07 bits per heavy atom. The maximum atomic E-state index is 5.78. The predicted molar refractivity (Wildman–Crippen MR) is 117 cm³/mol. The van der Waals surface area contributed by atoms with E-state index >= 15 is 0 Å². The van der Waals surface area contributed by atoms with Gasteiger partial charge >= 0.3 is 0 Å². The molecule has 0 heterocycles. The van der Waals surface area contributed by atoms with Crippen molar-refractivity contribution in [3.05, 3.63) is 36.9 Å². The molecule has 3 N–H and O–H groups in total. The highest BCUT2D eigenvalue weighted by Crippen LogP contribution is 2.18. The molecule has 0 radical (unpaired) electrons. The topological polar surface area (TPSA) is 54.5 Å². The average Bonchev–Trinajstić information content (AvgIpc) is 2.54. The lowest BCUT2D eigenvalue weighted by atomic mass is 9.90. The Kier molecular flexibility index (Phi) is 11.4. The Bertz CT molecular complexity index is 480. The zero-order chi connectivity index (χ0) is 21.2. The third-order valence-corrected chi connectivity index (χ3v) is 4.49. The molecule has 0 aromatic rings. The molecular formula is C22H43N3O2. The third kappa shape index (κ3) is 11.1. The summed E-state index contributed by atoms with van der Waals surface area (Å²) in [4.78, 5) is 0. The van der Waals surface area contributed by atoms with E-state index in [0.717, 1.165) is 17.2 Å². The first-order valence-corrected chi connectivity index (χ1v) is 9.82. The van der Waals surface area contributed by atoms with Gasteiger partial charge in [0.05, 0.1) is 18.4 Å². The van der Waals surface area contributed by atoms with Crippen molar-refractivity contribution in [1.29, 1.82) is 0 Å². The molecule has 0 rings (SSSR count). The molecule has 0 aliphatic carbocycles. The van der Waals surface area contributed by atoms with E-state index in [1.165, 1.54) is 0 Å². The molecular weight excluding hydrogens is 338 g/mol. The minimum atomic E-state index is -0.242. The number of ether oxygens (including phenoxy) is 2. The van der Waals surface area contributed by atoms with Crippen LogP contribution >= 0.6 is 0 Å². The summed E-state index contributed by atoms with van der Waals surface area (Å²) in [5.74, 6) is 1.59. The second-order valence-corrected chi connectivity index (χ2v) is 8.53. The summed E-state index contributed by atoms with van der Waals surface area (Å²) in [6.45, 7) is 26.2. The largest absolute Gasteiger partial charge is 0.493 e. The molecule has 158 valence electrons. The van der Waals surface area contributed by atoms with Crippen molar-refractivity contribution in [2.24, 2.45) is 11.8 Å². The van der Waals surface area contributed by atoms with Crippen molar-refractivity contribution >= 4 is 0 Å². The van der Waals surface area contributed by atoms with Gasteiger partial charge in [-0.15, -0.1) is 0 Å². The maximum Gasteiger partial charge on any atom is 0.100 e. The molecule has 0 fully saturated rings. The van der Waals surface area contributed by atoms with Gasteiger partial charge in [0.15, 0.2) is 0 Å². The van der Waals surface area contributed by atoms with Crippen LogP contribution in [0.25, 0.3) is 0 Å². The van der Waals surface area contributed by atoms with Crippen LogP contribution in [0, 0.1) is 11.8 Å². The van der Waals surface area contributed by atoms with Crippen LogP contribution in [-0.4, -0.2) is 45.0 Å². The SMILES string of the molecule is C=C(CNC(=C)C(C)C(NC)C(C)C)NCC(CC(=C)OC(C)(C)C)OC. The smallest absolute Gasteiger partial charge is 0.100 e. The molecule has 3 unspecified atom stereocenters. The van der Waals surface area contributed by atoms with E-state index in [0.29, 0.717) is 37.4 Å². The minimum absolute atomic E-state index is 0.0201. The Hall–Kier alpha value is -1.46. The zero-order valence-electron chi connectivity index (χ0n) is 18.9. The molecule has 0 saturated carbocycles. The fraction of sp³-hybridized carbons (Fsp3) is 0.727. The Labute approximate surface area is 167 Å². The fourth-order valence-electron chi connectivity index (χ4n) is 3.05. The first-order valence-electron chi connectivity index (χ1n) is 9.82. The molecule has 5 nitrogen and oxygen atoms in total. The summed E-state index contributed by atoms with van der Waals surface area (Å²) >= 11 is 0. The standard InChI is InChI=1S/C22H43N3O2/c1-15(2)21(23-10)18(5)19(6)25-13-16(3)24-14-20(26-11)12-17(4)27-22(7,8)9/h15,18,20-21,23-25H,3-4,6,12-14H2,1-2,5,7-11H3. The van der Waals surface area contributed by atoms with E-state index in [1.807, 2.05) is 27.8 Å². The van der Waals surface area contributed by atoms with Crippen LogP contribution < -0.4 is 16.0 Å². The number of hydrogen-bond donors (Lipinski definition) is 3. The normalized spacial score (nSPS) is 15.0. The fourth-order valence-corrected chi connectivity index (χ4v) is 3.05. The van der Waals surface area contributed by atoms with Crippen LogP contribution in [0.2, 0.25) is 0 Å². The zero-order valence-corrected chi connectivity index (χ0v) is 18.9. The van der Waals surface area contributed by atoms with E-state index in [2.05, 4.69) is 56.5 Å². The number of rotatable bonds is 14. The van der Waals surface area contributed by atoms with Gasteiger partial charge in [0.1, 0.15) is 5.60 Å². The van der Waals surface area contributed by atoms with Gasteiger partial charge in [-0.2, -0.15) is 0 Å². The molecule has 0 saturated heterocycles. The summed E-state index contributed by atoms with van der Waals surface area (Å²) in [5.41, 5.74) is 1.67. The molecule has 0 spiro atoms. The maximum absolute atomic E-state index is 5.78.